The molecule has 0 fully saturated rings. The molecule has 0 unspecified atom stereocenters. The van der Waals surface area contributed by atoms with Crippen molar-refractivity contribution in [2.75, 3.05) is 11.9 Å². The number of aromatic nitrogens is 2. The fourth-order valence-corrected chi connectivity index (χ4v) is 1.66. The van der Waals surface area contributed by atoms with Crippen molar-refractivity contribution in [2.24, 2.45) is 0 Å². The van der Waals surface area contributed by atoms with E-state index in [9.17, 15) is 5.11 Å². The van der Waals surface area contributed by atoms with E-state index in [1.807, 2.05) is 30.3 Å². The van der Waals surface area contributed by atoms with Gasteiger partial charge in [-0.2, -0.15) is 0 Å². The average Bonchev–Trinajstić information content (AvgIpc) is 2.37. The molecule has 2 N–H and O–H groups in total. The highest BCUT2D eigenvalue weighted by Crippen LogP contribution is 2.17. The lowest BCUT2D eigenvalue weighted by Gasteiger charge is -2.17. The summed E-state index contributed by atoms with van der Waals surface area (Å²) in [5, 5.41) is 12.7. The zero-order chi connectivity index (χ0) is 12.1. The third-order valence-corrected chi connectivity index (χ3v) is 2.51. The molecule has 1 aromatic heterocycles. The van der Waals surface area contributed by atoms with Crippen LogP contribution in [0.2, 0.25) is 5.28 Å². The molecule has 0 radical (unpaired) electrons. The SMILES string of the molecule is OC[C@H](Nc1ccnc(Cl)n1)c1ccccc1. The van der Waals surface area contributed by atoms with Gasteiger partial charge in [0.05, 0.1) is 12.6 Å². The first kappa shape index (κ1) is 11.8. The van der Waals surface area contributed by atoms with Gasteiger partial charge in [0, 0.05) is 6.20 Å². The summed E-state index contributed by atoms with van der Waals surface area (Å²) < 4.78 is 0. The first-order chi connectivity index (χ1) is 8.29. The van der Waals surface area contributed by atoms with Gasteiger partial charge in [-0.3, -0.25) is 0 Å². The summed E-state index contributed by atoms with van der Waals surface area (Å²) in [6.45, 7) is -0.0222. The summed E-state index contributed by atoms with van der Waals surface area (Å²) in [7, 11) is 0. The molecule has 5 heteroatoms. The highest BCUT2D eigenvalue weighted by Gasteiger charge is 2.10. The predicted molar refractivity (Wildman–Crippen MR) is 66.9 cm³/mol. The van der Waals surface area contributed by atoms with E-state index in [1.54, 1.807) is 12.3 Å². The van der Waals surface area contributed by atoms with Crippen LogP contribution in [-0.4, -0.2) is 21.7 Å². The molecule has 88 valence electrons. The van der Waals surface area contributed by atoms with Crippen LogP contribution in [0, 0.1) is 0 Å². The summed E-state index contributed by atoms with van der Waals surface area (Å²) in [6, 6.07) is 11.2. The van der Waals surface area contributed by atoms with E-state index in [2.05, 4.69) is 15.3 Å². The molecule has 0 aliphatic carbocycles. The largest absolute Gasteiger partial charge is 0.394 e. The van der Waals surface area contributed by atoms with Crippen molar-refractivity contribution in [1.29, 1.82) is 0 Å². The van der Waals surface area contributed by atoms with Crippen LogP contribution in [0.5, 0.6) is 0 Å². The lowest BCUT2D eigenvalue weighted by molar-refractivity contribution is 0.276. The smallest absolute Gasteiger partial charge is 0.224 e. The highest BCUT2D eigenvalue weighted by atomic mass is 35.5. The molecule has 0 saturated heterocycles. The molecule has 1 atom stereocenters. The summed E-state index contributed by atoms with van der Waals surface area (Å²) in [5.41, 5.74) is 0.990. The molecule has 0 saturated carbocycles. The Bertz CT molecular complexity index is 478. The Morgan fingerprint density at radius 2 is 2.00 bits per heavy atom. The molecule has 0 amide bonds. The second-order valence-corrected chi connectivity index (χ2v) is 3.84. The van der Waals surface area contributed by atoms with E-state index < -0.39 is 0 Å². The Morgan fingerprint density at radius 1 is 1.24 bits per heavy atom. The summed E-state index contributed by atoms with van der Waals surface area (Å²) in [4.78, 5) is 7.82. The molecular weight excluding hydrogens is 238 g/mol. The van der Waals surface area contributed by atoms with Crippen molar-refractivity contribution < 1.29 is 5.11 Å². The van der Waals surface area contributed by atoms with Crippen molar-refractivity contribution >= 4 is 17.4 Å². The number of nitrogens with zero attached hydrogens (tertiary/aromatic N) is 2. The third kappa shape index (κ3) is 3.15. The van der Waals surface area contributed by atoms with Crippen LogP contribution in [0.15, 0.2) is 42.6 Å². The molecule has 2 rings (SSSR count). The zero-order valence-electron chi connectivity index (χ0n) is 9.05. The standard InChI is InChI=1S/C12H12ClN3O/c13-12-14-7-6-11(16-12)15-10(8-17)9-4-2-1-3-5-9/h1-7,10,17H,8H2,(H,14,15,16)/t10-/m0/s1. The second kappa shape index (κ2) is 5.61. The van der Waals surface area contributed by atoms with Gasteiger partial charge in [-0.1, -0.05) is 30.3 Å². The lowest BCUT2D eigenvalue weighted by atomic mass is 10.1. The molecule has 0 bridgehead atoms. The Balaban J connectivity index is 2.16. The van der Waals surface area contributed by atoms with Gasteiger partial charge >= 0.3 is 0 Å². The molecule has 4 nitrogen and oxygen atoms in total. The van der Waals surface area contributed by atoms with Crippen LogP contribution in [-0.2, 0) is 0 Å². The maximum atomic E-state index is 9.37. The van der Waals surface area contributed by atoms with E-state index in [0.717, 1.165) is 5.56 Å². The minimum absolute atomic E-state index is 0.0222. The lowest BCUT2D eigenvalue weighted by Crippen LogP contribution is -2.15. The number of aliphatic hydroxyl groups is 1. The number of rotatable bonds is 4. The van der Waals surface area contributed by atoms with Gasteiger partial charge in [-0.25, -0.2) is 9.97 Å². The van der Waals surface area contributed by atoms with Gasteiger partial charge in [0.2, 0.25) is 5.28 Å². The monoisotopic (exact) mass is 249 g/mol. The fraction of sp³-hybridized carbons (Fsp3) is 0.167. The zero-order valence-corrected chi connectivity index (χ0v) is 9.80. The van der Waals surface area contributed by atoms with Crippen molar-refractivity contribution in [3.63, 3.8) is 0 Å². The van der Waals surface area contributed by atoms with Gasteiger partial charge in [-0.15, -0.1) is 0 Å². The van der Waals surface area contributed by atoms with Crippen molar-refractivity contribution in [3.8, 4) is 0 Å². The van der Waals surface area contributed by atoms with Gasteiger partial charge < -0.3 is 10.4 Å². The fourth-order valence-electron chi connectivity index (χ4n) is 1.51. The van der Waals surface area contributed by atoms with E-state index in [4.69, 9.17) is 11.6 Å². The number of hydrogen-bond donors (Lipinski definition) is 2. The van der Waals surface area contributed by atoms with Gasteiger partial charge in [0.1, 0.15) is 5.82 Å². The number of hydrogen-bond acceptors (Lipinski definition) is 4. The second-order valence-electron chi connectivity index (χ2n) is 3.50. The van der Waals surface area contributed by atoms with Gasteiger partial charge in [0.25, 0.3) is 0 Å². The molecule has 1 aromatic carbocycles. The molecular formula is C12H12ClN3O. The topological polar surface area (TPSA) is 58.0 Å². The van der Waals surface area contributed by atoms with E-state index >= 15 is 0 Å². The Morgan fingerprint density at radius 3 is 2.65 bits per heavy atom. The van der Waals surface area contributed by atoms with Gasteiger partial charge in [-0.05, 0) is 23.2 Å². The third-order valence-electron chi connectivity index (χ3n) is 2.33. The number of benzene rings is 1. The van der Waals surface area contributed by atoms with E-state index in [-0.39, 0.29) is 17.9 Å². The summed E-state index contributed by atoms with van der Waals surface area (Å²) in [6.07, 6.45) is 1.57. The van der Waals surface area contributed by atoms with Crippen LogP contribution in [0.1, 0.15) is 11.6 Å². The first-order valence-corrected chi connectivity index (χ1v) is 5.58. The van der Waals surface area contributed by atoms with Crippen molar-refractivity contribution in [3.05, 3.63) is 53.4 Å². The molecule has 2 aromatic rings. The summed E-state index contributed by atoms with van der Waals surface area (Å²) in [5.74, 6) is 0.591. The molecule has 17 heavy (non-hydrogen) atoms. The van der Waals surface area contributed by atoms with Crippen LogP contribution in [0.25, 0.3) is 0 Å². The predicted octanol–water partition coefficient (Wildman–Crippen LogP) is 2.28. The normalized spacial score (nSPS) is 12.1. The first-order valence-electron chi connectivity index (χ1n) is 5.20. The van der Waals surface area contributed by atoms with Crippen LogP contribution in [0.3, 0.4) is 0 Å². The number of aliphatic hydroxyl groups excluding tert-OH is 1. The van der Waals surface area contributed by atoms with Crippen molar-refractivity contribution in [2.45, 2.75) is 6.04 Å². The van der Waals surface area contributed by atoms with Crippen molar-refractivity contribution in [1.82, 2.24) is 9.97 Å². The summed E-state index contributed by atoms with van der Waals surface area (Å²) >= 11 is 5.69. The maximum absolute atomic E-state index is 9.37. The molecule has 1 heterocycles. The number of nitrogens with one attached hydrogen (secondary N) is 1. The number of halogens is 1. The van der Waals surface area contributed by atoms with Gasteiger partial charge in [0.15, 0.2) is 0 Å². The average molecular weight is 250 g/mol. The Labute approximate surface area is 104 Å². The minimum Gasteiger partial charge on any atom is -0.394 e. The molecule has 0 spiro atoms. The Kier molecular flexibility index (Phi) is 3.90. The van der Waals surface area contributed by atoms with Crippen LogP contribution >= 0.6 is 11.6 Å². The van der Waals surface area contributed by atoms with Crippen LogP contribution in [0.4, 0.5) is 5.82 Å². The van der Waals surface area contributed by atoms with E-state index in [1.165, 1.54) is 0 Å². The quantitative estimate of drug-likeness (QED) is 0.817. The molecule has 0 aliphatic heterocycles. The maximum Gasteiger partial charge on any atom is 0.224 e. The number of anilines is 1. The van der Waals surface area contributed by atoms with Crippen LogP contribution < -0.4 is 5.32 Å². The molecule has 0 aliphatic rings. The minimum atomic E-state index is -0.206. The Hall–Kier alpha value is -1.65. The van der Waals surface area contributed by atoms with E-state index in [0.29, 0.717) is 5.82 Å². The highest BCUT2D eigenvalue weighted by molar-refractivity contribution is 6.28.